The molecule has 0 atom stereocenters. The Morgan fingerprint density at radius 1 is 0.567 bits per heavy atom. The first-order valence-electron chi connectivity index (χ1n) is 12.1. The third-order valence-electron chi connectivity index (χ3n) is 5.33. The van der Waals surface area contributed by atoms with Gasteiger partial charge in [0.05, 0.1) is 24.3 Å². The first kappa shape index (κ1) is 26.2. The molecule has 0 saturated heterocycles. The summed E-state index contributed by atoms with van der Waals surface area (Å²) in [6.07, 6.45) is 16.4. The summed E-state index contributed by atoms with van der Waals surface area (Å²) in [5.74, 6) is -0.881. The Morgan fingerprint density at radius 2 is 0.900 bits per heavy atom. The quantitative estimate of drug-likeness (QED) is 0.183. The van der Waals surface area contributed by atoms with Gasteiger partial charge in [0.1, 0.15) is 0 Å². The van der Waals surface area contributed by atoms with Crippen molar-refractivity contribution in [3.63, 3.8) is 0 Å². The van der Waals surface area contributed by atoms with Gasteiger partial charge in [0.15, 0.2) is 0 Å². The lowest BCUT2D eigenvalue weighted by Gasteiger charge is -2.10. The molecule has 0 N–H and O–H groups in total. The first-order valence-corrected chi connectivity index (χ1v) is 12.1. The van der Waals surface area contributed by atoms with Crippen LogP contribution in [0.2, 0.25) is 0 Å². The van der Waals surface area contributed by atoms with Crippen molar-refractivity contribution in [3.05, 3.63) is 35.4 Å². The van der Waals surface area contributed by atoms with Crippen LogP contribution in [0.25, 0.3) is 0 Å². The first-order chi connectivity index (χ1) is 14.7. The van der Waals surface area contributed by atoms with Crippen molar-refractivity contribution < 1.29 is 19.1 Å². The maximum absolute atomic E-state index is 12.4. The van der Waals surface area contributed by atoms with Crippen LogP contribution in [0.5, 0.6) is 0 Å². The van der Waals surface area contributed by atoms with Crippen molar-refractivity contribution in [2.75, 3.05) is 13.2 Å². The lowest BCUT2D eigenvalue weighted by Crippen LogP contribution is -2.15. The van der Waals surface area contributed by atoms with Crippen LogP contribution in [0.1, 0.15) is 124 Å². The average Bonchev–Trinajstić information content (AvgIpc) is 2.77. The van der Waals surface area contributed by atoms with Gasteiger partial charge in [0.2, 0.25) is 0 Å². The van der Waals surface area contributed by atoms with Gasteiger partial charge in [0, 0.05) is 0 Å². The van der Waals surface area contributed by atoms with E-state index in [9.17, 15) is 9.59 Å². The van der Waals surface area contributed by atoms with Crippen molar-refractivity contribution in [2.24, 2.45) is 0 Å². The highest BCUT2D eigenvalue weighted by molar-refractivity contribution is 6.03. The minimum atomic E-state index is -0.440. The lowest BCUT2D eigenvalue weighted by molar-refractivity contribution is 0.0450. The van der Waals surface area contributed by atoms with E-state index >= 15 is 0 Å². The summed E-state index contributed by atoms with van der Waals surface area (Å²) < 4.78 is 10.8. The van der Waals surface area contributed by atoms with Gasteiger partial charge in [-0.05, 0) is 25.0 Å². The van der Waals surface area contributed by atoms with Crippen LogP contribution in [0, 0.1) is 0 Å². The van der Waals surface area contributed by atoms with E-state index in [1.807, 2.05) is 0 Å². The zero-order valence-corrected chi connectivity index (χ0v) is 19.3. The molecule has 0 unspecified atom stereocenters. The van der Waals surface area contributed by atoms with Gasteiger partial charge in [0.25, 0.3) is 0 Å². The Balaban J connectivity index is 2.29. The largest absolute Gasteiger partial charge is 0.462 e. The molecule has 0 spiro atoms. The zero-order valence-electron chi connectivity index (χ0n) is 19.3. The second kappa shape index (κ2) is 18.0. The number of ether oxygens (including phenoxy) is 2. The fourth-order valence-electron chi connectivity index (χ4n) is 3.44. The van der Waals surface area contributed by atoms with Crippen LogP contribution >= 0.6 is 0 Å². The molecule has 0 bridgehead atoms. The molecule has 4 heteroatoms. The highest BCUT2D eigenvalue weighted by Crippen LogP contribution is 2.14. The Hall–Kier alpha value is -1.84. The van der Waals surface area contributed by atoms with E-state index in [1.54, 1.807) is 24.3 Å². The van der Waals surface area contributed by atoms with E-state index in [2.05, 4.69) is 13.8 Å². The molecule has 1 aromatic rings. The van der Waals surface area contributed by atoms with Crippen molar-refractivity contribution in [1.82, 2.24) is 0 Å². The molecule has 30 heavy (non-hydrogen) atoms. The van der Waals surface area contributed by atoms with Gasteiger partial charge in [-0.3, -0.25) is 0 Å². The highest BCUT2D eigenvalue weighted by Gasteiger charge is 2.18. The molecule has 1 aromatic carbocycles. The topological polar surface area (TPSA) is 52.6 Å². The molecular formula is C26H42O4. The minimum absolute atomic E-state index is 0.296. The maximum Gasteiger partial charge on any atom is 0.339 e. The fraction of sp³-hybridized carbons (Fsp3) is 0.692. The molecule has 0 radical (unpaired) electrons. The van der Waals surface area contributed by atoms with Gasteiger partial charge in [-0.25, -0.2) is 9.59 Å². The Labute approximate surface area is 183 Å². The molecule has 0 aromatic heterocycles. The van der Waals surface area contributed by atoms with E-state index in [0.717, 1.165) is 25.7 Å². The number of unbranched alkanes of at least 4 members (excludes halogenated alkanes) is 12. The summed E-state index contributed by atoms with van der Waals surface area (Å²) in [5, 5.41) is 0. The van der Waals surface area contributed by atoms with Crippen molar-refractivity contribution in [3.8, 4) is 0 Å². The predicted molar refractivity (Wildman–Crippen MR) is 123 cm³/mol. The molecule has 0 fully saturated rings. The molecule has 0 amide bonds. The molecule has 0 saturated carbocycles. The zero-order chi connectivity index (χ0) is 21.9. The molecule has 0 aliphatic carbocycles. The van der Waals surface area contributed by atoms with Gasteiger partial charge < -0.3 is 9.47 Å². The second-order valence-corrected chi connectivity index (χ2v) is 8.06. The van der Waals surface area contributed by atoms with Gasteiger partial charge in [-0.1, -0.05) is 103 Å². The number of hydrogen-bond acceptors (Lipinski definition) is 4. The summed E-state index contributed by atoms with van der Waals surface area (Å²) in [7, 11) is 0. The minimum Gasteiger partial charge on any atom is -0.462 e. The summed E-state index contributed by atoms with van der Waals surface area (Å²) in [6.45, 7) is 5.22. The number of hydrogen-bond donors (Lipinski definition) is 0. The monoisotopic (exact) mass is 418 g/mol. The van der Waals surface area contributed by atoms with Crippen molar-refractivity contribution in [2.45, 2.75) is 104 Å². The van der Waals surface area contributed by atoms with E-state index in [1.165, 1.54) is 64.2 Å². The lowest BCUT2D eigenvalue weighted by atomic mass is 10.1. The molecule has 170 valence electrons. The van der Waals surface area contributed by atoms with E-state index in [0.29, 0.717) is 24.3 Å². The van der Waals surface area contributed by atoms with Crippen molar-refractivity contribution in [1.29, 1.82) is 0 Å². The van der Waals surface area contributed by atoms with Crippen LogP contribution in [0.15, 0.2) is 24.3 Å². The molecule has 4 nitrogen and oxygen atoms in total. The second-order valence-electron chi connectivity index (χ2n) is 8.06. The van der Waals surface area contributed by atoms with Gasteiger partial charge >= 0.3 is 11.9 Å². The number of carbonyl (C=O) groups is 2. The molecular weight excluding hydrogens is 376 g/mol. The molecule has 1 rings (SSSR count). The SMILES string of the molecule is CCCCCCCCCOC(=O)c1ccccc1C(=O)OCCCCCCCCC. The Kier molecular flexibility index (Phi) is 15.7. The molecule has 0 heterocycles. The predicted octanol–water partition coefficient (Wildman–Crippen LogP) is 7.50. The van der Waals surface area contributed by atoms with E-state index < -0.39 is 11.9 Å². The van der Waals surface area contributed by atoms with Crippen LogP contribution in [0.4, 0.5) is 0 Å². The normalized spacial score (nSPS) is 10.7. The standard InChI is InChI=1S/C26H42O4/c1-3-5-7-9-11-13-17-21-29-25(27)23-19-15-16-20-24(23)26(28)30-22-18-14-12-10-8-6-4-2/h15-16,19-20H,3-14,17-18,21-22H2,1-2H3. The fourth-order valence-corrected chi connectivity index (χ4v) is 3.44. The number of carbonyl (C=O) groups excluding carboxylic acids is 2. The van der Waals surface area contributed by atoms with Crippen LogP contribution in [0.3, 0.4) is 0 Å². The summed E-state index contributed by atoms with van der Waals surface area (Å²) >= 11 is 0. The van der Waals surface area contributed by atoms with Gasteiger partial charge in [-0.2, -0.15) is 0 Å². The molecule has 0 aliphatic heterocycles. The van der Waals surface area contributed by atoms with Crippen LogP contribution in [-0.2, 0) is 9.47 Å². The Bertz CT molecular complexity index is 531. The van der Waals surface area contributed by atoms with Crippen LogP contribution < -0.4 is 0 Å². The Morgan fingerprint density at radius 3 is 1.27 bits per heavy atom. The average molecular weight is 419 g/mol. The highest BCUT2D eigenvalue weighted by atomic mass is 16.5. The third kappa shape index (κ3) is 12.0. The van der Waals surface area contributed by atoms with E-state index in [-0.39, 0.29) is 0 Å². The summed E-state index contributed by atoms with van der Waals surface area (Å²) in [4.78, 5) is 24.8. The number of rotatable bonds is 18. The van der Waals surface area contributed by atoms with E-state index in [4.69, 9.17) is 9.47 Å². The number of benzene rings is 1. The summed E-state index contributed by atoms with van der Waals surface area (Å²) in [5.41, 5.74) is 0.593. The summed E-state index contributed by atoms with van der Waals surface area (Å²) in [6, 6.07) is 6.77. The van der Waals surface area contributed by atoms with Crippen LogP contribution in [-0.4, -0.2) is 25.2 Å². The third-order valence-corrected chi connectivity index (χ3v) is 5.33. The van der Waals surface area contributed by atoms with Gasteiger partial charge in [-0.15, -0.1) is 0 Å². The number of esters is 2. The smallest absolute Gasteiger partial charge is 0.339 e. The maximum atomic E-state index is 12.4. The molecule has 0 aliphatic rings. The van der Waals surface area contributed by atoms with Crippen molar-refractivity contribution >= 4 is 11.9 Å².